The van der Waals surface area contributed by atoms with Crippen molar-refractivity contribution in [1.82, 2.24) is 0 Å². The molecule has 20 heteroatoms. The lowest BCUT2D eigenvalue weighted by atomic mass is 9.81. The van der Waals surface area contributed by atoms with Gasteiger partial charge in [-0.2, -0.15) is 0 Å². The number of esters is 1. The maximum Gasteiger partial charge on any atom is 0.308 e. The van der Waals surface area contributed by atoms with E-state index in [1.165, 1.54) is 0 Å². The molecule has 3 spiro atoms. The molecule has 4 N–H and O–H groups in total. The van der Waals surface area contributed by atoms with Crippen molar-refractivity contribution in [3.63, 3.8) is 0 Å². The van der Waals surface area contributed by atoms with E-state index in [9.17, 15) is 25.2 Å². The maximum absolute atomic E-state index is 14.4. The zero-order chi connectivity index (χ0) is 52.2. The molecule has 28 atom stereocenters. The number of hydrogen-bond acceptors (Lipinski definition) is 19. The van der Waals surface area contributed by atoms with Gasteiger partial charge in [0.1, 0.15) is 36.6 Å². The Kier molecular flexibility index (Phi) is 13.8. The number of fused-ring (bicyclic) bond motifs is 13. The fourth-order valence-corrected chi connectivity index (χ4v) is 17.7. The molecule has 14 saturated heterocycles. The van der Waals surface area contributed by atoms with Gasteiger partial charge in [0, 0.05) is 57.8 Å². The van der Waals surface area contributed by atoms with Crippen LogP contribution in [0.2, 0.25) is 0 Å². The van der Waals surface area contributed by atoms with Crippen LogP contribution in [-0.2, 0) is 71.1 Å². The van der Waals surface area contributed by atoms with E-state index in [4.69, 9.17) is 66.3 Å². The molecule has 0 aliphatic carbocycles. The number of halogens is 1. The Morgan fingerprint density at radius 1 is 0.566 bits per heavy atom. The number of ether oxygens (including phenoxy) is 14. The van der Waals surface area contributed by atoms with Crippen molar-refractivity contribution < 1.29 is 91.5 Å². The highest BCUT2D eigenvalue weighted by atomic mass is 127. The molecule has 14 heterocycles. The Morgan fingerprint density at radius 3 is 2.12 bits per heavy atom. The van der Waals surface area contributed by atoms with Crippen LogP contribution in [-0.4, -0.2) is 194 Å². The zero-order valence-corrected chi connectivity index (χ0v) is 45.9. The SMILES string of the molecule is C=C1C[C@@H]2CC[C@]34CC(O)(O)C(O3)[C@@H]3O[C@H]5CC[C@H](CC(=O)O[C@@H]6CC7OC8C[C@]9(C[C@@H]%10O[C@@]%11(CC[C@@H]%10O9)C[C@H](C)[C@@H]9O[C@H](CO)[C@H](O)C[C@@H]9O%11)O[C@@H]8C[C@@H]7O[C@H]6C[C@H]6O[C@@H](CC[C@@H]1O2)C[C@@H](C)C6=C)O[C@@H]5[C@H](O4)[C@@H]3I. The molecular weight excluding hydrogens is 1100 g/mol. The molecule has 0 aromatic heterocycles. The summed E-state index contributed by atoms with van der Waals surface area (Å²) in [5.41, 5.74) is 2.05. The van der Waals surface area contributed by atoms with E-state index < -0.39 is 78.1 Å². The molecule has 14 aliphatic heterocycles. The van der Waals surface area contributed by atoms with Crippen LogP contribution in [0.15, 0.2) is 24.3 Å². The fraction of sp³-hybridized carbons (Fsp3) is 0.911. The number of carbonyl (C=O) groups is 1. The highest BCUT2D eigenvalue weighted by Gasteiger charge is 2.68. The van der Waals surface area contributed by atoms with Gasteiger partial charge in [0.05, 0.1) is 121 Å². The predicted molar refractivity (Wildman–Crippen MR) is 270 cm³/mol. The van der Waals surface area contributed by atoms with Crippen molar-refractivity contribution in [1.29, 1.82) is 0 Å². The molecule has 0 amide bonds. The summed E-state index contributed by atoms with van der Waals surface area (Å²) >= 11 is 2.28. The Bertz CT molecular complexity index is 2240. The molecule has 76 heavy (non-hydrogen) atoms. The van der Waals surface area contributed by atoms with E-state index >= 15 is 0 Å². The average Bonchev–Trinajstić information content (AvgIpc) is 4.20. The Morgan fingerprint density at radius 2 is 1.28 bits per heavy atom. The minimum atomic E-state index is -2.15. The molecule has 0 radical (unpaired) electrons. The summed E-state index contributed by atoms with van der Waals surface area (Å²) in [5, 5.41) is 43.4. The predicted octanol–water partition coefficient (Wildman–Crippen LogP) is 4.40. The molecule has 0 aromatic carbocycles. The third-order valence-corrected chi connectivity index (χ3v) is 21.8. The molecule has 3 unspecified atom stereocenters. The lowest BCUT2D eigenvalue weighted by Crippen LogP contribution is -2.65. The summed E-state index contributed by atoms with van der Waals surface area (Å²) in [6, 6.07) is 0. The van der Waals surface area contributed by atoms with Crippen molar-refractivity contribution in [2.24, 2.45) is 11.8 Å². The second-order valence-electron chi connectivity index (χ2n) is 25.7. The Balaban J connectivity index is 0.686. The monoisotopic (exact) mass is 1180 g/mol. The van der Waals surface area contributed by atoms with E-state index in [2.05, 4.69) is 49.6 Å². The molecule has 10 bridgehead atoms. The van der Waals surface area contributed by atoms with Gasteiger partial charge in [-0.15, -0.1) is 0 Å². The van der Waals surface area contributed by atoms with E-state index in [0.29, 0.717) is 83.5 Å². The lowest BCUT2D eigenvalue weighted by molar-refractivity contribution is -0.365. The van der Waals surface area contributed by atoms with Gasteiger partial charge in [0.15, 0.2) is 23.1 Å². The first-order valence-electron chi connectivity index (χ1n) is 29.0. The number of alkyl halides is 1. The number of rotatable bonds is 1. The van der Waals surface area contributed by atoms with E-state index in [-0.39, 0.29) is 121 Å². The van der Waals surface area contributed by atoms with Crippen LogP contribution in [0.3, 0.4) is 0 Å². The summed E-state index contributed by atoms with van der Waals surface area (Å²) in [6.45, 7) is 13.1. The van der Waals surface area contributed by atoms with Crippen molar-refractivity contribution in [2.45, 2.75) is 297 Å². The molecular formula is C56H79IO19. The standard InChI is InChI=1S/C56H79IO19/c1-25-13-29-5-7-33-26(2)14-31(63-33)9-11-54-24-56(61,62)52(76-54)51-47(57)50(75-54)49-35(69-51)8-6-30(65-49)15-46(60)68-40-18-38-39(66-37(40)17-36(64-29)28(25)4)19-41-43(67-38)21-55(72-41)22-44-34(71-55)10-12-53(74-44)20-27(3)48-42(73-53)16-32(59)45(23-58)70-48/h25,27,29-45,47-52,58-59,61-62H,2,4-24H2,1,3H3/t25-,27+,29+,30-,31+,32-,33+,34+,35+,36-,37+,38?,39+,40-,41-,42+,43?,44+,45-,47+,48+,49+,50-,51-,52?,53+,54-,55-/m1/s1. The maximum atomic E-state index is 14.4. The van der Waals surface area contributed by atoms with Crippen molar-refractivity contribution in [3.8, 4) is 0 Å². The van der Waals surface area contributed by atoms with Crippen molar-refractivity contribution >= 4 is 28.6 Å². The van der Waals surface area contributed by atoms with Crippen LogP contribution < -0.4 is 0 Å². The van der Waals surface area contributed by atoms with Gasteiger partial charge >= 0.3 is 5.97 Å². The molecule has 14 fully saturated rings. The minimum Gasteiger partial charge on any atom is -0.459 e. The van der Waals surface area contributed by atoms with Crippen LogP contribution in [0.4, 0.5) is 0 Å². The smallest absolute Gasteiger partial charge is 0.308 e. The van der Waals surface area contributed by atoms with Gasteiger partial charge in [-0.3, -0.25) is 4.79 Å². The van der Waals surface area contributed by atoms with Crippen LogP contribution in [0, 0.1) is 11.8 Å². The van der Waals surface area contributed by atoms with Gasteiger partial charge in [-0.1, -0.05) is 49.6 Å². The van der Waals surface area contributed by atoms with Crippen LogP contribution in [0.1, 0.15) is 136 Å². The summed E-state index contributed by atoms with van der Waals surface area (Å²) in [7, 11) is 0. The minimum absolute atomic E-state index is 0.0229. The lowest BCUT2D eigenvalue weighted by Gasteiger charge is -2.53. The molecule has 424 valence electrons. The van der Waals surface area contributed by atoms with Gasteiger partial charge in [-0.25, -0.2) is 0 Å². The van der Waals surface area contributed by atoms with Gasteiger partial charge in [0.25, 0.3) is 0 Å². The summed E-state index contributed by atoms with van der Waals surface area (Å²) in [5.74, 6) is -5.26. The fourth-order valence-electron chi connectivity index (χ4n) is 16.6. The third kappa shape index (κ3) is 9.46. The average molecular weight is 1180 g/mol. The van der Waals surface area contributed by atoms with E-state index in [1.807, 2.05) is 0 Å². The highest BCUT2D eigenvalue weighted by Crippen LogP contribution is 2.56. The number of aliphatic hydroxyl groups is 4. The van der Waals surface area contributed by atoms with E-state index in [1.54, 1.807) is 0 Å². The molecule has 14 rings (SSSR count). The molecule has 0 saturated carbocycles. The first kappa shape index (κ1) is 53.0. The van der Waals surface area contributed by atoms with Gasteiger partial charge in [0.2, 0.25) is 0 Å². The largest absolute Gasteiger partial charge is 0.459 e. The topological polar surface area (TPSA) is 227 Å². The van der Waals surface area contributed by atoms with Crippen molar-refractivity contribution in [3.05, 3.63) is 24.3 Å². The van der Waals surface area contributed by atoms with E-state index in [0.717, 1.165) is 36.8 Å². The zero-order valence-electron chi connectivity index (χ0n) is 43.8. The molecule has 19 nitrogen and oxygen atoms in total. The molecule has 0 aromatic rings. The third-order valence-electron chi connectivity index (χ3n) is 20.4. The quantitative estimate of drug-likeness (QED) is 0.0938. The summed E-state index contributed by atoms with van der Waals surface area (Å²) < 4.78 is 94.6. The Hall–Kier alpha value is -1.00. The van der Waals surface area contributed by atoms with Crippen molar-refractivity contribution in [2.75, 3.05) is 6.61 Å². The van der Waals surface area contributed by atoms with Gasteiger partial charge in [-0.05, 0) is 74.3 Å². The van der Waals surface area contributed by atoms with Gasteiger partial charge < -0.3 is 86.7 Å². The van der Waals surface area contributed by atoms with Crippen LogP contribution in [0.5, 0.6) is 0 Å². The molecule has 14 aliphatic rings. The summed E-state index contributed by atoms with van der Waals surface area (Å²) in [4.78, 5) is 14.4. The normalized spacial score (nSPS) is 56.6. The number of hydrogen-bond donors (Lipinski definition) is 4. The number of aliphatic hydroxyl groups excluding tert-OH is 2. The van der Waals surface area contributed by atoms with Crippen LogP contribution >= 0.6 is 22.6 Å². The second-order valence-corrected chi connectivity index (χ2v) is 27.2. The first-order valence-corrected chi connectivity index (χ1v) is 30.2. The second kappa shape index (κ2) is 19.8. The first-order chi connectivity index (χ1) is 36.4. The summed E-state index contributed by atoms with van der Waals surface area (Å²) in [6.07, 6.45) is 0.947. The Labute approximate surface area is 458 Å². The number of carbonyl (C=O) groups excluding carboxylic acids is 1. The van der Waals surface area contributed by atoms with Crippen LogP contribution in [0.25, 0.3) is 0 Å². The highest BCUT2D eigenvalue weighted by molar-refractivity contribution is 14.1.